The highest BCUT2D eigenvalue weighted by atomic mass is 35.5. The summed E-state index contributed by atoms with van der Waals surface area (Å²) in [6.07, 6.45) is 3.58. The number of anilines is 1. The Morgan fingerprint density at radius 3 is 2.54 bits per heavy atom. The summed E-state index contributed by atoms with van der Waals surface area (Å²) >= 11 is 5.92. The van der Waals surface area contributed by atoms with E-state index in [9.17, 15) is 9.59 Å². The van der Waals surface area contributed by atoms with Gasteiger partial charge in [0.25, 0.3) is 0 Å². The summed E-state index contributed by atoms with van der Waals surface area (Å²) in [7, 11) is 0. The summed E-state index contributed by atoms with van der Waals surface area (Å²) in [4.78, 5) is 27.1. The van der Waals surface area contributed by atoms with E-state index in [-0.39, 0.29) is 18.7 Å². The average Bonchev–Trinajstić information content (AvgIpc) is 2.89. The molecular weight excluding hydrogens is 330 g/mol. The van der Waals surface area contributed by atoms with Crippen molar-refractivity contribution in [2.75, 3.05) is 5.32 Å². The van der Waals surface area contributed by atoms with E-state index in [1.807, 2.05) is 0 Å². The van der Waals surface area contributed by atoms with Gasteiger partial charge in [-0.3, -0.25) is 9.59 Å². The van der Waals surface area contributed by atoms with Crippen molar-refractivity contribution in [3.63, 3.8) is 0 Å². The minimum atomic E-state index is -0.890. The fraction of sp³-hybridized carbons (Fsp3) is 0.118. The molecule has 2 aromatic heterocycles. The molecule has 0 aliphatic heterocycles. The number of carbonyl (C=O) groups excluding carboxylic acids is 1. The van der Waals surface area contributed by atoms with Crippen LogP contribution < -0.4 is 5.32 Å². The molecule has 0 saturated carbocycles. The molecule has 0 atom stereocenters. The molecule has 0 fully saturated rings. The van der Waals surface area contributed by atoms with Gasteiger partial charge >= 0.3 is 5.97 Å². The van der Waals surface area contributed by atoms with E-state index in [1.54, 1.807) is 53.2 Å². The second-order valence-corrected chi connectivity index (χ2v) is 5.77. The predicted molar refractivity (Wildman–Crippen MR) is 90.3 cm³/mol. The Morgan fingerprint density at radius 1 is 1.08 bits per heavy atom. The van der Waals surface area contributed by atoms with Crippen LogP contribution in [0, 0.1) is 0 Å². The van der Waals surface area contributed by atoms with E-state index >= 15 is 0 Å². The number of hydrogen-bond acceptors (Lipinski definition) is 3. The molecule has 0 aliphatic rings. The van der Waals surface area contributed by atoms with Gasteiger partial charge in [-0.25, -0.2) is 4.98 Å². The maximum Gasteiger partial charge on any atom is 0.307 e. The van der Waals surface area contributed by atoms with E-state index in [1.165, 1.54) is 0 Å². The van der Waals surface area contributed by atoms with Gasteiger partial charge in [-0.05, 0) is 29.8 Å². The number of nitrogens with zero attached hydrogens (tertiary/aromatic N) is 2. The van der Waals surface area contributed by atoms with E-state index in [4.69, 9.17) is 16.7 Å². The second kappa shape index (κ2) is 6.72. The minimum Gasteiger partial charge on any atom is -0.481 e. The normalized spacial score (nSPS) is 10.7. The van der Waals surface area contributed by atoms with Crippen LogP contribution in [0.1, 0.15) is 11.3 Å². The Labute approximate surface area is 142 Å². The topological polar surface area (TPSA) is 83.7 Å². The summed E-state index contributed by atoms with van der Waals surface area (Å²) in [5.74, 6) is -1.09. The van der Waals surface area contributed by atoms with Crippen LogP contribution in [0.15, 0.2) is 48.8 Å². The molecule has 0 saturated heterocycles. The van der Waals surface area contributed by atoms with E-state index in [0.29, 0.717) is 22.0 Å². The second-order valence-electron chi connectivity index (χ2n) is 5.34. The number of benzene rings is 1. The highest BCUT2D eigenvalue weighted by Crippen LogP contribution is 2.13. The van der Waals surface area contributed by atoms with Crippen LogP contribution in [0.4, 0.5) is 5.69 Å². The third-order valence-electron chi connectivity index (χ3n) is 3.40. The van der Waals surface area contributed by atoms with E-state index < -0.39 is 5.97 Å². The molecule has 3 rings (SSSR count). The Kier molecular flexibility index (Phi) is 4.48. The zero-order valence-electron chi connectivity index (χ0n) is 12.6. The van der Waals surface area contributed by atoms with Crippen LogP contribution in [0.3, 0.4) is 0 Å². The summed E-state index contributed by atoms with van der Waals surface area (Å²) in [5, 5.41) is 12.1. The lowest BCUT2D eigenvalue weighted by atomic mass is 10.1. The Morgan fingerprint density at radius 2 is 1.83 bits per heavy atom. The molecule has 0 radical (unpaired) electrons. The van der Waals surface area contributed by atoms with Crippen LogP contribution in [0.5, 0.6) is 0 Å². The van der Waals surface area contributed by atoms with Gasteiger partial charge in [0.05, 0.1) is 23.6 Å². The molecule has 0 spiro atoms. The first kappa shape index (κ1) is 16.0. The van der Waals surface area contributed by atoms with Crippen LogP contribution in [-0.2, 0) is 22.4 Å². The Bertz CT molecular complexity index is 903. The van der Waals surface area contributed by atoms with Crippen molar-refractivity contribution in [1.29, 1.82) is 0 Å². The highest BCUT2D eigenvalue weighted by Gasteiger charge is 2.09. The van der Waals surface area contributed by atoms with Gasteiger partial charge in [0.15, 0.2) is 0 Å². The predicted octanol–water partition coefficient (Wildman–Crippen LogP) is 2.80. The molecule has 7 heteroatoms. The van der Waals surface area contributed by atoms with Gasteiger partial charge in [0, 0.05) is 18.1 Å². The number of fused-ring (bicyclic) bond motifs is 1. The maximum atomic E-state index is 12.1. The number of rotatable bonds is 5. The van der Waals surface area contributed by atoms with Crippen LogP contribution in [0.2, 0.25) is 5.02 Å². The first-order chi connectivity index (χ1) is 11.5. The molecule has 0 unspecified atom stereocenters. The van der Waals surface area contributed by atoms with Crippen molar-refractivity contribution in [1.82, 2.24) is 9.38 Å². The molecule has 3 aromatic rings. The largest absolute Gasteiger partial charge is 0.481 e. The number of aliphatic carboxylic acids is 1. The van der Waals surface area contributed by atoms with Gasteiger partial charge in [-0.2, -0.15) is 0 Å². The zero-order chi connectivity index (χ0) is 17.1. The summed E-state index contributed by atoms with van der Waals surface area (Å²) in [6, 6.07) is 10.2. The van der Waals surface area contributed by atoms with Crippen molar-refractivity contribution >= 4 is 34.8 Å². The number of pyridine rings is 1. The smallest absolute Gasteiger partial charge is 0.307 e. The molecule has 122 valence electrons. The number of hydrogen-bond donors (Lipinski definition) is 2. The van der Waals surface area contributed by atoms with Crippen molar-refractivity contribution in [2.24, 2.45) is 0 Å². The average molecular weight is 344 g/mol. The third-order valence-corrected chi connectivity index (χ3v) is 3.62. The lowest BCUT2D eigenvalue weighted by Gasteiger charge is -2.05. The Hall–Kier alpha value is -2.86. The molecule has 0 aliphatic carbocycles. The van der Waals surface area contributed by atoms with Gasteiger partial charge in [-0.15, -0.1) is 0 Å². The van der Waals surface area contributed by atoms with Gasteiger partial charge < -0.3 is 14.8 Å². The summed E-state index contributed by atoms with van der Waals surface area (Å²) in [6.45, 7) is 0. The molecule has 6 nitrogen and oxygen atoms in total. The molecule has 1 amide bonds. The first-order valence-electron chi connectivity index (χ1n) is 7.23. The van der Waals surface area contributed by atoms with Crippen LogP contribution >= 0.6 is 11.6 Å². The van der Waals surface area contributed by atoms with Crippen molar-refractivity contribution in [3.05, 3.63) is 65.1 Å². The summed E-state index contributed by atoms with van der Waals surface area (Å²) in [5.41, 5.74) is 2.65. The first-order valence-corrected chi connectivity index (χ1v) is 7.61. The van der Waals surface area contributed by atoms with Crippen LogP contribution in [0.25, 0.3) is 5.65 Å². The summed E-state index contributed by atoms with van der Waals surface area (Å²) < 4.78 is 1.77. The lowest BCUT2D eigenvalue weighted by Crippen LogP contribution is -2.14. The molecule has 24 heavy (non-hydrogen) atoms. The Balaban J connectivity index is 1.64. The molecule has 1 aromatic carbocycles. The number of amides is 1. The molecular formula is C17H14ClN3O3. The lowest BCUT2D eigenvalue weighted by molar-refractivity contribution is -0.136. The monoisotopic (exact) mass is 343 g/mol. The van der Waals surface area contributed by atoms with Crippen molar-refractivity contribution in [3.8, 4) is 0 Å². The molecule has 0 bridgehead atoms. The fourth-order valence-corrected chi connectivity index (χ4v) is 2.52. The van der Waals surface area contributed by atoms with Crippen LogP contribution in [-0.4, -0.2) is 26.4 Å². The fourth-order valence-electron chi connectivity index (χ4n) is 2.35. The highest BCUT2D eigenvalue weighted by molar-refractivity contribution is 6.30. The number of carboxylic acid groups (broad SMARTS) is 1. The van der Waals surface area contributed by atoms with Crippen molar-refractivity contribution in [2.45, 2.75) is 12.8 Å². The quantitative estimate of drug-likeness (QED) is 0.746. The standard InChI is InChI=1S/C17H14ClN3O3/c18-12-3-6-15-19-14(10-21(15)9-12)8-16(22)20-13-4-1-11(2-5-13)7-17(23)24/h1-6,9-10H,7-8H2,(H,20,22)(H,23,24). The maximum absolute atomic E-state index is 12.1. The van der Waals surface area contributed by atoms with E-state index in [0.717, 1.165) is 5.65 Å². The number of imidazole rings is 1. The van der Waals surface area contributed by atoms with E-state index in [2.05, 4.69) is 10.3 Å². The van der Waals surface area contributed by atoms with Crippen molar-refractivity contribution < 1.29 is 14.7 Å². The minimum absolute atomic E-state index is 0.0436. The van der Waals surface area contributed by atoms with Gasteiger partial charge in [-0.1, -0.05) is 23.7 Å². The number of aromatic nitrogens is 2. The third kappa shape index (κ3) is 3.91. The number of carboxylic acids is 1. The SMILES string of the molecule is O=C(O)Cc1ccc(NC(=O)Cc2cn3cc(Cl)ccc3n2)cc1. The zero-order valence-corrected chi connectivity index (χ0v) is 13.3. The number of carbonyl (C=O) groups is 2. The van der Waals surface area contributed by atoms with Gasteiger partial charge in [0.1, 0.15) is 5.65 Å². The number of nitrogens with one attached hydrogen (secondary N) is 1. The van der Waals surface area contributed by atoms with Gasteiger partial charge in [0.2, 0.25) is 5.91 Å². The molecule has 2 heterocycles. The molecule has 2 N–H and O–H groups in total. The number of halogens is 1.